The van der Waals surface area contributed by atoms with Crippen molar-refractivity contribution in [3.8, 4) is 5.75 Å². The molecule has 2 rings (SSSR count). The number of ether oxygens (including phenoxy) is 2. The monoisotopic (exact) mass is 284 g/mol. The molecule has 0 aliphatic rings. The van der Waals surface area contributed by atoms with Crippen molar-refractivity contribution < 1.29 is 19.1 Å². The maximum atomic E-state index is 11.9. The van der Waals surface area contributed by atoms with Gasteiger partial charge in [-0.25, -0.2) is 4.79 Å². The standard InChI is InChI=1S/C17H16O4/c1-12(18)14-9-6-10-15(16(14)17(19)20-2)21-11-13-7-4-3-5-8-13/h3-10H,11H2,1-2H3. The normalized spacial score (nSPS) is 10.0. The zero-order valence-corrected chi connectivity index (χ0v) is 12.0. The molecule has 0 N–H and O–H groups in total. The van der Waals surface area contributed by atoms with Crippen LogP contribution in [-0.4, -0.2) is 18.9 Å². The SMILES string of the molecule is COC(=O)c1c(OCc2ccccc2)cccc1C(C)=O. The summed E-state index contributed by atoms with van der Waals surface area (Å²) in [7, 11) is 1.28. The zero-order chi connectivity index (χ0) is 15.2. The van der Waals surface area contributed by atoms with Crippen molar-refractivity contribution in [3.63, 3.8) is 0 Å². The van der Waals surface area contributed by atoms with Crippen molar-refractivity contribution in [1.29, 1.82) is 0 Å². The molecule has 0 aliphatic carbocycles. The number of benzene rings is 2. The molecule has 2 aromatic rings. The maximum absolute atomic E-state index is 11.9. The lowest BCUT2D eigenvalue weighted by Crippen LogP contribution is -2.11. The molecule has 0 unspecified atom stereocenters. The first-order chi connectivity index (χ1) is 10.1. The van der Waals surface area contributed by atoms with E-state index in [4.69, 9.17) is 9.47 Å². The number of rotatable bonds is 5. The van der Waals surface area contributed by atoms with Crippen LogP contribution in [-0.2, 0) is 11.3 Å². The molecule has 4 nitrogen and oxygen atoms in total. The van der Waals surface area contributed by atoms with Crippen LogP contribution >= 0.6 is 0 Å². The van der Waals surface area contributed by atoms with Gasteiger partial charge in [0.1, 0.15) is 17.9 Å². The second-order valence-electron chi connectivity index (χ2n) is 4.50. The molecule has 0 fully saturated rings. The van der Waals surface area contributed by atoms with Crippen LogP contribution in [0.2, 0.25) is 0 Å². The summed E-state index contributed by atoms with van der Waals surface area (Å²) >= 11 is 0. The Hall–Kier alpha value is -2.62. The Bertz CT molecular complexity index is 647. The smallest absolute Gasteiger partial charge is 0.342 e. The van der Waals surface area contributed by atoms with E-state index in [1.54, 1.807) is 18.2 Å². The van der Waals surface area contributed by atoms with Gasteiger partial charge in [0, 0.05) is 5.56 Å². The maximum Gasteiger partial charge on any atom is 0.342 e. The quantitative estimate of drug-likeness (QED) is 0.624. The van der Waals surface area contributed by atoms with Crippen LogP contribution in [0.15, 0.2) is 48.5 Å². The van der Waals surface area contributed by atoms with Gasteiger partial charge < -0.3 is 9.47 Å². The molecular formula is C17H16O4. The summed E-state index contributed by atoms with van der Waals surface area (Å²) in [6.45, 7) is 1.72. The molecule has 0 saturated heterocycles. The van der Waals surface area contributed by atoms with Crippen LogP contribution in [0.1, 0.15) is 33.2 Å². The van der Waals surface area contributed by atoms with Crippen molar-refractivity contribution >= 4 is 11.8 Å². The number of esters is 1. The largest absolute Gasteiger partial charge is 0.488 e. The summed E-state index contributed by atoms with van der Waals surface area (Å²) in [4.78, 5) is 23.6. The van der Waals surface area contributed by atoms with Crippen LogP contribution in [0.5, 0.6) is 5.75 Å². The predicted octanol–water partition coefficient (Wildman–Crippen LogP) is 3.25. The van der Waals surface area contributed by atoms with E-state index < -0.39 is 5.97 Å². The highest BCUT2D eigenvalue weighted by atomic mass is 16.5. The third-order valence-electron chi connectivity index (χ3n) is 3.03. The lowest BCUT2D eigenvalue weighted by atomic mass is 10.0. The number of ketones is 1. The van der Waals surface area contributed by atoms with E-state index >= 15 is 0 Å². The summed E-state index contributed by atoms with van der Waals surface area (Å²) in [5, 5.41) is 0. The van der Waals surface area contributed by atoms with E-state index in [0.29, 0.717) is 17.9 Å². The summed E-state index contributed by atoms with van der Waals surface area (Å²) in [5.41, 5.74) is 1.44. The summed E-state index contributed by atoms with van der Waals surface area (Å²) in [5.74, 6) is -0.442. The number of carbonyl (C=O) groups excluding carboxylic acids is 2. The molecule has 0 saturated carbocycles. The van der Waals surface area contributed by atoms with E-state index in [1.165, 1.54) is 14.0 Å². The topological polar surface area (TPSA) is 52.6 Å². The molecule has 4 heteroatoms. The Balaban J connectivity index is 2.32. The van der Waals surface area contributed by atoms with Crippen LogP contribution in [0, 0.1) is 0 Å². The molecule has 0 aromatic heterocycles. The van der Waals surface area contributed by atoms with Gasteiger partial charge in [0.2, 0.25) is 0 Å². The Morgan fingerprint density at radius 3 is 2.33 bits per heavy atom. The Morgan fingerprint density at radius 2 is 1.71 bits per heavy atom. The molecule has 0 atom stereocenters. The lowest BCUT2D eigenvalue weighted by Gasteiger charge is -2.13. The van der Waals surface area contributed by atoms with E-state index in [-0.39, 0.29) is 11.3 Å². The van der Waals surface area contributed by atoms with Gasteiger partial charge >= 0.3 is 5.97 Å². The van der Waals surface area contributed by atoms with E-state index in [1.807, 2.05) is 30.3 Å². The van der Waals surface area contributed by atoms with Gasteiger partial charge in [-0.3, -0.25) is 4.79 Å². The van der Waals surface area contributed by atoms with Crippen LogP contribution < -0.4 is 4.74 Å². The zero-order valence-electron chi connectivity index (χ0n) is 12.0. The molecule has 0 spiro atoms. The van der Waals surface area contributed by atoms with Gasteiger partial charge in [-0.2, -0.15) is 0 Å². The van der Waals surface area contributed by atoms with Gasteiger partial charge in [0.25, 0.3) is 0 Å². The number of methoxy groups -OCH3 is 1. The van der Waals surface area contributed by atoms with E-state index in [9.17, 15) is 9.59 Å². The summed E-state index contributed by atoms with van der Waals surface area (Å²) < 4.78 is 10.4. The molecular weight excluding hydrogens is 268 g/mol. The first-order valence-corrected chi connectivity index (χ1v) is 6.52. The van der Waals surface area contributed by atoms with Gasteiger partial charge in [-0.1, -0.05) is 42.5 Å². The fraction of sp³-hybridized carbons (Fsp3) is 0.176. The Morgan fingerprint density at radius 1 is 1.00 bits per heavy atom. The number of carbonyl (C=O) groups is 2. The second kappa shape index (κ2) is 6.70. The summed E-state index contributed by atoms with van der Waals surface area (Å²) in [6, 6.07) is 14.5. The van der Waals surface area contributed by atoms with E-state index in [0.717, 1.165) is 5.56 Å². The highest BCUT2D eigenvalue weighted by Gasteiger charge is 2.20. The fourth-order valence-corrected chi connectivity index (χ4v) is 1.99. The average molecular weight is 284 g/mol. The highest BCUT2D eigenvalue weighted by Crippen LogP contribution is 2.25. The minimum Gasteiger partial charge on any atom is -0.488 e. The van der Waals surface area contributed by atoms with Gasteiger partial charge in [-0.15, -0.1) is 0 Å². The van der Waals surface area contributed by atoms with Crippen molar-refractivity contribution in [1.82, 2.24) is 0 Å². The second-order valence-corrected chi connectivity index (χ2v) is 4.50. The van der Waals surface area contributed by atoms with Crippen LogP contribution in [0.3, 0.4) is 0 Å². The first-order valence-electron chi connectivity index (χ1n) is 6.52. The lowest BCUT2D eigenvalue weighted by molar-refractivity contribution is 0.0592. The minimum atomic E-state index is -0.580. The number of Topliss-reactive ketones (excluding diaryl/α,β-unsaturated/α-hetero) is 1. The van der Waals surface area contributed by atoms with Crippen molar-refractivity contribution in [2.24, 2.45) is 0 Å². The third-order valence-corrected chi connectivity index (χ3v) is 3.03. The minimum absolute atomic E-state index is 0.170. The molecule has 0 bridgehead atoms. The predicted molar refractivity (Wildman–Crippen MR) is 78.6 cm³/mol. The molecule has 2 aromatic carbocycles. The average Bonchev–Trinajstić information content (AvgIpc) is 2.52. The molecule has 0 radical (unpaired) electrons. The first kappa shape index (κ1) is 14.8. The highest BCUT2D eigenvalue weighted by molar-refractivity contribution is 6.07. The molecule has 0 aliphatic heterocycles. The van der Waals surface area contributed by atoms with Gasteiger partial charge in [-0.05, 0) is 18.6 Å². The van der Waals surface area contributed by atoms with Gasteiger partial charge in [0.15, 0.2) is 5.78 Å². The molecule has 108 valence electrons. The Labute approximate surface area is 123 Å². The van der Waals surface area contributed by atoms with Crippen molar-refractivity contribution in [3.05, 3.63) is 65.2 Å². The summed E-state index contributed by atoms with van der Waals surface area (Å²) in [6.07, 6.45) is 0. The molecule has 0 heterocycles. The number of hydrogen-bond donors (Lipinski definition) is 0. The van der Waals surface area contributed by atoms with Crippen molar-refractivity contribution in [2.75, 3.05) is 7.11 Å². The molecule has 0 amide bonds. The fourth-order valence-electron chi connectivity index (χ4n) is 1.99. The van der Waals surface area contributed by atoms with Crippen LogP contribution in [0.4, 0.5) is 0 Å². The number of hydrogen-bond acceptors (Lipinski definition) is 4. The van der Waals surface area contributed by atoms with Crippen molar-refractivity contribution in [2.45, 2.75) is 13.5 Å². The third kappa shape index (κ3) is 3.48. The van der Waals surface area contributed by atoms with E-state index in [2.05, 4.69) is 0 Å². The molecule has 21 heavy (non-hydrogen) atoms. The van der Waals surface area contributed by atoms with Gasteiger partial charge in [0.05, 0.1) is 7.11 Å². The van der Waals surface area contributed by atoms with Crippen LogP contribution in [0.25, 0.3) is 0 Å². The Kier molecular flexibility index (Phi) is 4.72.